The molecule has 0 unspecified atom stereocenters. The zero-order chi connectivity index (χ0) is 13.0. The van der Waals surface area contributed by atoms with Crippen LogP contribution in [-0.2, 0) is 6.54 Å². The van der Waals surface area contributed by atoms with Crippen molar-refractivity contribution in [2.45, 2.75) is 13.5 Å². The van der Waals surface area contributed by atoms with Gasteiger partial charge in [0.15, 0.2) is 0 Å². The molecule has 0 bridgehead atoms. The normalized spacial score (nSPS) is 10.1. The highest BCUT2D eigenvalue weighted by Gasteiger charge is 2.05. The van der Waals surface area contributed by atoms with Gasteiger partial charge in [-0.2, -0.15) is 0 Å². The van der Waals surface area contributed by atoms with Gasteiger partial charge in [0.25, 0.3) is 5.91 Å². The first-order chi connectivity index (χ1) is 8.65. The van der Waals surface area contributed by atoms with Crippen LogP contribution in [0.1, 0.15) is 21.7 Å². The summed E-state index contributed by atoms with van der Waals surface area (Å²) in [7, 11) is 0. The first kappa shape index (κ1) is 13.0. The van der Waals surface area contributed by atoms with E-state index in [1.54, 1.807) is 0 Å². The average molecular weight is 352 g/mol. The summed E-state index contributed by atoms with van der Waals surface area (Å²) in [6.07, 6.45) is 0. The number of pyridine rings is 1. The third kappa shape index (κ3) is 3.53. The van der Waals surface area contributed by atoms with Crippen LogP contribution in [0.15, 0.2) is 42.5 Å². The summed E-state index contributed by atoms with van der Waals surface area (Å²) in [5.74, 6) is -0.0743. The molecule has 1 aromatic heterocycles. The summed E-state index contributed by atoms with van der Waals surface area (Å²) in [6.45, 7) is 2.39. The van der Waals surface area contributed by atoms with Crippen molar-refractivity contribution in [2.75, 3.05) is 0 Å². The molecule has 1 N–H and O–H groups in total. The average Bonchev–Trinajstić information content (AvgIpc) is 2.37. The van der Waals surface area contributed by atoms with E-state index >= 15 is 0 Å². The van der Waals surface area contributed by atoms with Crippen molar-refractivity contribution >= 4 is 28.5 Å². The Hall–Kier alpha value is -1.43. The molecule has 0 spiro atoms. The second kappa shape index (κ2) is 5.95. The summed E-state index contributed by atoms with van der Waals surface area (Å²) in [5, 5.41) is 2.86. The van der Waals surface area contributed by atoms with Crippen LogP contribution < -0.4 is 5.32 Å². The number of carbonyl (C=O) groups excluding carboxylic acids is 1. The number of hydrogen-bond acceptors (Lipinski definition) is 2. The molecule has 18 heavy (non-hydrogen) atoms. The summed E-state index contributed by atoms with van der Waals surface area (Å²) in [6, 6.07) is 13.3. The van der Waals surface area contributed by atoms with Gasteiger partial charge in [-0.15, -0.1) is 0 Å². The maximum Gasteiger partial charge on any atom is 0.251 e. The van der Waals surface area contributed by atoms with Gasteiger partial charge in [-0.05, 0) is 65.9 Å². The number of nitrogens with zero attached hydrogens (tertiary/aromatic N) is 1. The molecule has 1 amide bonds. The van der Waals surface area contributed by atoms with Gasteiger partial charge in [0.05, 0.1) is 12.2 Å². The molecule has 92 valence electrons. The highest BCUT2D eigenvalue weighted by molar-refractivity contribution is 14.1. The fourth-order valence-electron chi connectivity index (χ4n) is 1.57. The molecular weight excluding hydrogens is 339 g/mol. The second-order valence-electron chi connectivity index (χ2n) is 3.96. The van der Waals surface area contributed by atoms with Gasteiger partial charge < -0.3 is 5.32 Å². The van der Waals surface area contributed by atoms with Crippen molar-refractivity contribution in [1.82, 2.24) is 10.3 Å². The molecule has 1 aromatic carbocycles. The van der Waals surface area contributed by atoms with E-state index in [0.717, 1.165) is 15.0 Å². The fourth-order valence-corrected chi connectivity index (χ4v) is 1.93. The molecule has 0 saturated carbocycles. The van der Waals surface area contributed by atoms with E-state index in [1.807, 2.05) is 49.4 Å². The Bertz CT molecular complexity index is 552. The van der Waals surface area contributed by atoms with Crippen LogP contribution >= 0.6 is 22.6 Å². The molecule has 0 radical (unpaired) electrons. The molecular formula is C14H13IN2O. The summed E-state index contributed by atoms with van der Waals surface area (Å²) in [5.41, 5.74) is 2.49. The minimum absolute atomic E-state index is 0.0743. The molecule has 0 fully saturated rings. The van der Waals surface area contributed by atoms with Crippen LogP contribution in [0, 0.1) is 10.5 Å². The van der Waals surface area contributed by atoms with Crippen molar-refractivity contribution in [2.24, 2.45) is 0 Å². The lowest BCUT2D eigenvalue weighted by molar-refractivity contribution is 0.0950. The number of aromatic nitrogens is 1. The summed E-state index contributed by atoms with van der Waals surface area (Å²) in [4.78, 5) is 16.2. The van der Waals surface area contributed by atoms with Gasteiger partial charge in [-0.3, -0.25) is 9.78 Å². The van der Waals surface area contributed by atoms with Crippen molar-refractivity contribution in [3.63, 3.8) is 0 Å². The predicted molar refractivity (Wildman–Crippen MR) is 79.3 cm³/mol. The first-order valence-electron chi connectivity index (χ1n) is 5.61. The molecule has 2 rings (SSSR count). The lowest BCUT2D eigenvalue weighted by Crippen LogP contribution is -2.23. The molecule has 4 heteroatoms. The van der Waals surface area contributed by atoms with Crippen LogP contribution in [0.25, 0.3) is 0 Å². The highest BCUT2D eigenvalue weighted by atomic mass is 127. The Morgan fingerprint density at radius 1 is 1.22 bits per heavy atom. The zero-order valence-electron chi connectivity index (χ0n) is 9.98. The minimum Gasteiger partial charge on any atom is -0.346 e. The van der Waals surface area contributed by atoms with Crippen LogP contribution in [0.5, 0.6) is 0 Å². The Kier molecular flexibility index (Phi) is 4.30. The van der Waals surface area contributed by atoms with Crippen LogP contribution in [0.2, 0.25) is 0 Å². The molecule has 0 aliphatic rings. The number of hydrogen-bond donors (Lipinski definition) is 1. The summed E-state index contributed by atoms with van der Waals surface area (Å²) >= 11 is 2.21. The van der Waals surface area contributed by atoms with Crippen LogP contribution in [0.3, 0.4) is 0 Å². The standard InChI is InChI=1S/C14H13IN2O/c1-10-3-2-4-13(17-10)9-16-14(18)11-5-7-12(15)8-6-11/h2-8H,9H2,1H3,(H,16,18). The van der Waals surface area contributed by atoms with Crippen LogP contribution in [-0.4, -0.2) is 10.9 Å². The maximum absolute atomic E-state index is 11.9. The molecule has 0 aliphatic carbocycles. The number of halogens is 1. The van der Waals surface area contributed by atoms with Gasteiger partial charge >= 0.3 is 0 Å². The number of rotatable bonds is 3. The number of nitrogens with one attached hydrogen (secondary N) is 1. The van der Waals surface area contributed by atoms with E-state index in [4.69, 9.17) is 0 Å². The van der Waals surface area contributed by atoms with Crippen molar-refractivity contribution in [3.8, 4) is 0 Å². The maximum atomic E-state index is 11.9. The monoisotopic (exact) mass is 352 g/mol. The molecule has 1 heterocycles. The zero-order valence-corrected chi connectivity index (χ0v) is 12.1. The third-order valence-electron chi connectivity index (χ3n) is 2.48. The number of aryl methyl sites for hydroxylation is 1. The van der Waals surface area contributed by atoms with Crippen LogP contribution in [0.4, 0.5) is 0 Å². The van der Waals surface area contributed by atoms with Gasteiger partial charge in [0.2, 0.25) is 0 Å². The van der Waals surface area contributed by atoms with E-state index in [0.29, 0.717) is 12.1 Å². The lowest BCUT2D eigenvalue weighted by Gasteiger charge is -2.05. The molecule has 3 nitrogen and oxygen atoms in total. The first-order valence-corrected chi connectivity index (χ1v) is 6.69. The molecule has 0 aliphatic heterocycles. The SMILES string of the molecule is Cc1cccc(CNC(=O)c2ccc(I)cc2)n1. The van der Waals surface area contributed by atoms with E-state index < -0.39 is 0 Å². The Morgan fingerprint density at radius 3 is 2.61 bits per heavy atom. The molecule has 0 atom stereocenters. The quantitative estimate of drug-likeness (QED) is 0.864. The van der Waals surface area contributed by atoms with Gasteiger partial charge in [-0.1, -0.05) is 6.07 Å². The third-order valence-corrected chi connectivity index (χ3v) is 3.20. The number of benzene rings is 1. The molecule has 0 saturated heterocycles. The largest absolute Gasteiger partial charge is 0.346 e. The van der Waals surface area contributed by atoms with Crippen molar-refractivity contribution < 1.29 is 4.79 Å². The predicted octanol–water partition coefficient (Wildman–Crippen LogP) is 2.92. The van der Waals surface area contributed by atoms with Gasteiger partial charge in [0.1, 0.15) is 0 Å². The topological polar surface area (TPSA) is 42.0 Å². The van der Waals surface area contributed by atoms with E-state index in [2.05, 4.69) is 32.9 Å². The van der Waals surface area contributed by atoms with E-state index in [-0.39, 0.29) is 5.91 Å². The number of amides is 1. The second-order valence-corrected chi connectivity index (χ2v) is 5.21. The van der Waals surface area contributed by atoms with Crippen molar-refractivity contribution in [1.29, 1.82) is 0 Å². The van der Waals surface area contributed by atoms with Gasteiger partial charge in [-0.25, -0.2) is 0 Å². The number of carbonyl (C=O) groups is 1. The van der Waals surface area contributed by atoms with E-state index in [9.17, 15) is 4.79 Å². The van der Waals surface area contributed by atoms with Gasteiger partial charge in [0, 0.05) is 14.8 Å². The van der Waals surface area contributed by atoms with E-state index in [1.165, 1.54) is 0 Å². The Balaban J connectivity index is 1.98. The highest BCUT2D eigenvalue weighted by Crippen LogP contribution is 2.07. The summed E-state index contributed by atoms with van der Waals surface area (Å²) < 4.78 is 1.12. The molecule has 2 aromatic rings. The Labute approximate surface area is 120 Å². The smallest absolute Gasteiger partial charge is 0.251 e. The Morgan fingerprint density at radius 2 is 1.94 bits per heavy atom. The van der Waals surface area contributed by atoms with Crippen molar-refractivity contribution in [3.05, 3.63) is 63.0 Å². The lowest BCUT2D eigenvalue weighted by atomic mass is 10.2. The fraction of sp³-hybridized carbons (Fsp3) is 0.143. The minimum atomic E-state index is -0.0743.